The van der Waals surface area contributed by atoms with Gasteiger partial charge in [0, 0.05) is 0 Å². The number of nitrogens with one attached hydrogen (secondary N) is 1. The first kappa shape index (κ1) is 10.6. The molecule has 0 aliphatic carbocycles. The van der Waals surface area contributed by atoms with E-state index < -0.39 is 0 Å². The molecule has 0 spiro atoms. The summed E-state index contributed by atoms with van der Waals surface area (Å²) in [5.41, 5.74) is 3.75. The van der Waals surface area contributed by atoms with E-state index in [1.165, 1.54) is 0 Å². The number of quaternary nitrogens is 1. The van der Waals surface area contributed by atoms with E-state index in [9.17, 15) is 4.79 Å². The van der Waals surface area contributed by atoms with E-state index in [2.05, 4.69) is 11.1 Å². The fourth-order valence-electron chi connectivity index (χ4n) is 1.08. The average Bonchev–Trinajstić information content (AvgIpc) is 1.97. The average molecular weight is 159 g/mol. The number of ketones is 1. The number of carbonyl (C=O) groups excluding carboxylic acids is 1. The van der Waals surface area contributed by atoms with Gasteiger partial charge in [-0.3, -0.25) is 4.79 Å². The number of hydrogen-bond donors (Lipinski definition) is 2. The monoisotopic (exact) mass is 159 g/mol. The molecule has 0 aliphatic rings. The van der Waals surface area contributed by atoms with Gasteiger partial charge in [0.1, 0.15) is 5.78 Å². The van der Waals surface area contributed by atoms with Crippen LogP contribution in [0.1, 0.15) is 26.2 Å². The van der Waals surface area contributed by atoms with Crippen molar-refractivity contribution < 1.29 is 10.5 Å². The van der Waals surface area contributed by atoms with E-state index in [1.54, 1.807) is 6.92 Å². The molecule has 66 valence electrons. The maximum absolute atomic E-state index is 10.9. The van der Waals surface area contributed by atoms with Gasteiger partial charge in [-0.15, -0.1) is 0 Å². The largest absolute Gasteiger partial charge is 0.358 e. The zero-order valence-electron chi connectivity index (χ0n) is 7.52. The van der Waals surface area contributed by atoms with Crippen LogP contribution in [0.25, 0.3) is 0 Å². The van der Waals surface area contributed by atoms with E-state index in [-0.39, 0.29) is 11.8 Å². The number of unbranched alkanes of at least 4 members (excludes halogenated alkanes) is 1. The van der Waals surface area contributed by atoms with Crippen molar-refractivity contribution in [2.24, 2.45) is 0 Å². The van der Waals surface area contributed by atoms with Crippen LogP contribution in [0.2, 0.25) is 0 Å². The summed E-state index contributed by atoms with van der Waals surface area (Å²) in [4.78, 5) is 10.9. The summed E-state index contributed by atoms with van der Waals surface area (Å²) in [6.45, 7) is 2.60. The Balaban J connectivity index is 3.44. The minimum absolute atomic E-state index is 0.0570. The van der Waals surface area contributed by atoms with Crippen LogP contribution >= 0.6 is 0 Å². The van der Waals surface area contributed by atoms with Gasteiger partial charge >= 0.3 is 0 Å². The standard InChI is InChI=1S/C8H18N2O/c1-7(11)8(10-2)5-3-4-6-9/h8,10H,3-6,9H2,1-2H3/p+1/t8-/m0/s1. The summed E-state index contributed by atoms with van der Waals surface area (Å²) in [7, 11) is 1.83. The Morgan fingerprint density at radius 2 is 2.18 bits per heavy atom. The van der Waals surface area contributed by atoms with Gasteiger partial charge in [-0.1, -0.05) is 0 Å². The zero-order chi connectivity index (χ0) is 8.69. The topological polar surface area (TPSA) is 56.7 Å². The summed E-state index contributed by atoms with van der Waals surface area (Å²) in [5.74, 6) is 0.233. The Kier molecular flexibility index (Phi) is 6.07. The molecule has 0 heterocycles. The number of hydrogen-bond acceptors (Lipinski definition) is 2. The number of Topliss-reactive ketones (excluding diaryl/α,β-unsaturated/α-hetero) is 1. The molecule has 0 fully saturated rings. The van der Waals surface area contributed by atoms with Crippen LogP contribution in [0.5, 0.6) is 0 Å². The molecular formula is C8H19N2O+. The molecule has 3 nitrogen and oxygen atoms in total. The van der Waals surface area contributed by atoms with Crippen LogP contribution in [0, 0.1) is 0 Å². The summed E-state index contributed by atoms with van der Waals surface area (Å²) in [6, 6.07) is 0.0570. The Hall–Kier alpha value is -0.410. The van der Waals surface area contributed by atoms with Gasteiger partial charge in [0.15, 0.2) is 0 Å². The van der Waals surface area contributed by atoms with Crippen LogP contribution in [-0.2, 0) is 4.79 Å². The Morgan fingerprint density at radius 1 is 1.55 bits per heavy atom. The lowest BCUT2D eigenvalue weighted by molar-refractivity contribution is -0.368. The van der Waals surface area contributed by atoms with Crippen molar-refractivity contribution in [1.29, 1.82) is 0 Å². The molecule has 0 radical (unpaired) electrons. The van der Waals surface area contributed by atoms with Gasteiger partial charge in [-0.05, 0) is 33.2 Å². The molecule has 0 saturated carbocycles. The predicted octanol–water partition coefficient (Wildman–Crippen LogP) is -0.424. The first-order valence-corrected chi connectivity index (χ1v) is 4.19. The molecule has 0 aromatic carbocycles. The first-order chi connectivity index (χ1) is 5.22. The normalized spacial score (nSPS) is 13.0. The molecule has 1 atom stereocenters. The minimum Gasteiger partial charge on any atom is -0.358 e. The second-order valence-corrected chi connectivity index (χ2v) is 2.80. The third-order valence-corrected chi connectivity index (χ3v) is 1.83. The molecule has 0 unspecified atom stereocenters. The van der Waals surface area contributed by atoms with Crippen molar-refractivity contribution in [2.75, 3.05) is 13.6 Å². The highest BCUT2D eigenvalue weighted by Crippen LogP contribution is 1.99. The second kappa shape index (κ2) is 6.31. The van der Waals surface area contributed by atoms with Crippen LogP contribution in [0.4, 0.5) is 0 Å². The molecule has 3 heteroatoms. The summed E-state index contributed by atoms with van der Waals surface area (Å²) >= 11 is 0. The van der Waals surface area contributed by atoms with Crippen LogP contribution in [-0.4, -0.2) is 25.4 Å². The highest BCUT2D eigenvalue weighted by Gasteiger charge is 2.09. The third kappa shape index (κ3) is 4.93. The fourth-order valence-corrected chi connectivity index (χ4v) is 1.08. The molecule has 0 aromatic heterocycles. The Morgan fingerprint density at radius 3 is 2.55 bits per heavy atom. The Bertz CT molecular complexity index is 115. The lowest BCUT2D eigenvalue weighted by atomic mass is 10.1. The van der Waals surface area contributed by atoms with E-state index in [0.29, 0.717) is 0 Å². The van der Waals surface area contributed by atoms with E-state index in [1.807, 2.05) is 7.05 Å². The molecule has 0 bridgehead atoms. The maximum Gasteiger partial charge on any atom is 0.146 e. The lowest BCUT2D eigenvalue weighted by Crippen LogP contribution is -2.50. The third-order valence-electron chi connectivity index (χ3n) is 1.83. The van der Waals surface area contributed by atoms with Crippen molar-refractivity contribution >= 4 is 5.78 Å². The van der Waals surface area contributed by atoms with Crippen molar-refractivity contribution in [1.82, 2.24) is 5.32 Å². The van der Waals surface area contributed by atoms with E-state index >= 15 is 0 Å². The zero-order valence-corrected chi connectivity index (χ0v) is 7.52. The molecular weight excluding hydrogens is 140 g/mol. The molecule has 0 saturated heterocycles. The molecule has 4 N–H and O–H groups in total. The van der Waals surface area contributed by atoms with Gasteiger partial charge in [0.05, 0.1) is 12.6 Å². The van der Waals surface area contributed by atoms with E-state index in [4.69, 9.17) is 0 Å². The smallest absolute Gasteiger partial charge is 0.146 e. The quantitative estimate of drug-likeness (QED) is 0.517. The predicted molar refractivity (Wildman–Crippen MR) is 45.1 cm³/mol. The molecule has 0 rings (SSSR count). The van der Waals surface area contributed by atoms with Crippen LogP contribution in [0.15, 0.2) is 0 Å². The van der Waals surface area contributed by atoms with Gasteiger partial charge in [0.2, 0.25) is 0 Å². The first-order valence-electron chi connectivity index (χ1n) is 4.19. The maximum atomic E-state index is 10.9. The van der Waals surface area contributed by atoms with Gasteiger partial charge in [0.25, 0.3) is 0 Å². The van der Waals surface area contributed by atoms with Crippen molar-refractivity contribution in [3.63, 3.8) is 0 Å². The number of rotatable bonds is 6. The SMILES string of the molecule is CN[C@@H](CCCC[NH3+])C(C)=O. The van der Waals surface area contributed by atoms with E-state index in [0.717, 1.165) is 25.8 Å². The van der Waals surface area contributed by atoms with Gasteiger partial charge in [-0.25, -0.2) is 0 Å². The second-order valence-electron chi connectivity index (χ2n) is 2.80. The van der Waals surface area contributed by atoms with Crippen molar-refractivity contribution in [2.45, 2.75) is 32.2 Å². The summed E-state index contributed by atoms with van der Waals surface area (Å²) < 4.78 is 0. The molecule has 11 heavy (non-hydrogen) atoms. The Labute approximate surface area is 68.3 Å². The van der Waals surface area contributed by atoms with Gasteiger partial charge < -0.3 is 11.1 Å². The van der Waals surface area contributed by atoms with Crippen LogP contribution in [0.3, 0.4) is 0 Å². The van der Waals surface area contributed by atoms with Crippen molar-refractivity contribution in [3.05, 3.63) is 0 Å². The molecule has 0 aliphatic heterocycles. The molecule has 0 aromatic rings. The lowest BCUT2D eigenvalue weighted by Gasteiger charge is -2.10. The fraction of sp³-hybridized carbons (Fsp3) is 0.875. The van der Waals surface area contributed by atoms with Crippen molar-refractivity contribution in [3.8, 4) is 0 Å². The highest BCUT2D eigenvalue weighted by atomic mass is 16.1. The summed E-state index contributed by atoms with van der Waals surface area (Å²) in [6.07, 6.45) is 3.15. The molecule has 0 amide bonds. The number of carbonyl (C=O) groups is 1. The van der Waals surface area contributed by atoms with Gasteiger partial charge in [-0.2, -0.15) is 0 Å². The van der Waals surface area contributed by atoms with Crippen LogP contribution < -0.4 is 11.1 Å². The number of likely N-dealkylation sites (N-methyl/N-ethyl adjacent to an activating group) is 1. The summed E-state index contributed by atoms with van der Waals surface area (Å²) in [5, 5.41) is 2.99. The highest BCUT2D eigenvalue weighted by molar-refractivity contribution is 5.81. The minimum atomic E-state index is 0.0570.